The second kappa shape index (κ2) is 5.38. The van der Waals surface area contributed by atoms with Gasteiger partial charge in [-0.15, -0.1) is 0 Å². The Kier molecular flexibility index (Phi) is 3.84. The van der Waals surface area contributed by atoms with Gasteiger partial charge in [0.05, 0.1) is 11.3 Å². The molecule has 0 aliphatic carbocycles. The van der Waals surface area contributed by atoms with Gasteiger partial charge in [0, 0.05) is 34.8 Å². The first-order valence-corrected chi connectivity index (χ1v) is 5.99. The van der Waals surface area contributed by atoms with Crippen LogP contribution in [0.4, 0.5) is 0 Å². The maximum atomic E-state index is 12.0. The first kappa shape index (κ1) is 12.9. The number of halogens is 2. The Balaban J connectivity index is 2.30. The molecule has 0 unspecified atom stereocenters. The fourth-order valence-corrected chi connectivity index (χ4v) is 2.00. The molecule has 0 fully saturated rings. The van der Waals surface area contributed by atoms with Crippen molar-refractivity contribution >= 4 is 34.7 Å². The Hall–Kier alpha value is -1.58. The summed E-state index contributed by atoms with van der Waals surface area (Å²) in [6.07, 6.45) is 6.55. The van der Waals surface area contributed by atoms with Crippen molar-refractivity contribution in [2.24, 2.45) is 0 Å². The van der Waals surface area contributed by atoms with Crippen molar-refractivity contribution in [1.82, 2.24) is 9.55 Å². The van der Waals surface area contributed by atoms with Crippen LogP contribution in [0.5, 0.6) is 0 Å². The molecule has 0 saturated heterocycles. The van der Waals surface area contributed by atoms with Crippen LogP contribution in [0, 0.1) is 0 Å². The third-order valence-corrected chi connectivity index (χ3v) is 3.00. The highest BCUT2D eigenvalue weighted by atomic mass is 35.5. The van der Waals surface area contributed by atoms with Crippen molar-refractivity contribution in [3.63, 3.8) is 0 Å². The van der Waals surface area contributed by atoms with E-state index in [4.69, 9.17) is 23.2 Å². The third kappa shape index (κ3) is 2.81. The molecule has 92 valence electrons. The molecule has 2 aromatic rings. The van der Waals surface area contributed by atoms with Crippen molar-refractivity contribution in [2.45, 2.75) is 6.92 Å². The number of ketones is 1. The molecule has 0 aliphatic heterocycles. The lowest BCUT2D eigenvalue weighted by Crippen LogP contribution is -1.99. The number of rotatable bonds is 3. The predicted molar refractivity (Wildman–Crippen MR) is 73.0 cm³/mol. The maximum absolute atomic E-state index is 12.0. The molecular weight excluding hydrogens is 271 g/mol. The van der Waals surface area contributed by atoms with E-state index in [1.54, 1.807) is 41.5 Å². The highest BCUT2D eigenvalue weighted by Gasteiger charge is 2.09. The van der Waals surface area contributed by atoms with Crippen LogP contribution in [0.2, 0.25) is 10.0 Å². The average molecular weight is 281 g/mol. The Labute approximate surface area is 115 Å². The number of hydrogen-bond acceptors (Lipinski definition) is 2. The minimum Gasteiger partial charge on any atom is -0.310 e. The van der Waals surface area contributed by atoms with E-state index in [-0.39, 0.29) is 5.78 Å². The van der Waals surface area contributed by atoms with E-state index in [1.165, 1.54) is 6.08 Å². The monoisotopic (exact) mass is 280 g/mol. The molecule has 0 N–H and O–H groups in total. The fraction of sp³-hybridized carbons (Fsp3) is 0.0769. The number of imidazole rings is 1. The number of benzene rings is 1. The van der Waals surface area contributed by atoms with Crippen molar-refractivity contribution in [2.75, 3.05) is 0 Å². The number of allylic oxidation sites excluding steroid dienone is 2. The van der Waals surface area contributed by atoms with E-state index in [9.17, 15) is 4.79 Å². The molecule has 0 saturated carbocycles. The van der Waals surface area contributed by atoms with E-state index in [2.05, 4.69) is 4.98 Å². The summed E-state index contributed by atoms with van der Waals surface area (Å²) >= 11 is 11.8. The summed E-state index contributed by atoms with van der Waals surface area (Å²) in [6.45, 7) is 1.82. The van der Waals surface area contributed by atoms with E-state index in [0.717, 1.165) is 5.70 Å². The molecule has 18 heavy (non-hydrogen) atoms. The van der Waals surface area contributed by atoms with Gasteiger partial charge in [-0.3, -0.25) is 4.79 Å². The highest BCUT2D eigenvalue weighted by molar-refractivity contribution is 6.37. The van der Waals surface area contributed by atoms with Gasteiger partial charge in [0.1, 0.15) is 0 Å². The average Bonchev–Trinajstić information content (AvgIpc) is 2.81. The number of carbonyl (C=O) groups excluding carboxylic acids is 1. The van der Waals surface area contributed by atoms with Crippen LogP contribution < -0.4 is 0 Å². The summed E-state index contributed by atoms with van der Waals surface area (Å²) in [6, 6.07) is 4.81. The van der Waals surface area contributed by atoms with Gasteiger partial charge in [0.2, 0.25) is 0 Å². The lowest BCUT2D eigenvalue weighted by Gasteiger charge is -2.03. The number of hydrogen-bond donors (Lipinski definition) is 0. The minimum absolute atomic E-state index is 0.164. The lowest BCUT2D eigenvalue weighted by molar-refractivity contribution is 0.104. The van der Waals surface area contributed by atoms with Crippen LogP contribution in [0.1, 0.15) is 17.3 Å². The van der Waals surface area contributed by atoms with Crippen LogP contribution >= 0.6 is 23.2 Å². The smallest absolute Gasteiger partial charge is 0.189 e. The summed E-state index contributed by atoms with van der Waals surface area (Å²) in [5.41, 5.74) is 1.20. The standard InChI is InChI=1S/C13H10Cl2N2O/c1-9(17-5-4-16-8-17)6-13(18)11-3-2-10(14)7-12(11)15/h2-8H,1H3. The van der Waals surface area contributed by atoms with Gasteiger partial charge in [0.25, 0.3) is 0 Å². The summed E-state index contributed by atoms with van der Waals surface area (Å²) in [5.74, 6) is -0.164. The Morgan fingerprint density at radius 2 is 2.17 bits per heavy atom. The van der Waals surface area contributed by atoms with Gasteiger partial charge in [-0.05, 0) is 25.1 Å². The lowest BCUT2D eigenvalue weighted by atomic mass is 10.1. The first-order valence-electron chi connectivity index (χ1n) is 5.24. The molecule has 2 rings (SSSR count). The molecule has 0 amide bonds. The van der Waals surface area contributed by atoms with E-state index < -0.39 is 0 Å². The van der Waals surface area contributed by atoms with Crippen LogP contribution in [0.3, 0.4) is 0 Å². The van der Waals surface area contributed by atoms with E-state index in [0.29, 0.717) is 15.6 Å². The van der Waals surface area contributed by atoms with Crippen LogP contribution in [0.25, 0.3) is 5.70 Å². The van der Waals surface area contributed by atoms with Gasteiger partial charge < -0.3 is 4.57 Å². The molecule has 1 heterocycles. The summed E-state index contributed by atoms with van der Waals surface area (Å²) in [5, 5.41) is 0.856. The first-order chi connectivity index (χ1) is 8.58. The molecular formula is C13H10Cl2N2O. The predicted octanol–water partition coefficient (Wildman–Crippen LogP) is 3.93. The molecule has 5 heteroatoms. The molecule has 1 aromatic carbocycles. The Morgan fingerprint density at radius 1 is 1.39 bits per heavy atom. The normalized spacial score (nSPS) is 11.6. The number of carbonyl (C=O) groups is 1. The minimum atomic E-state index is -0.164. The molecule has 0 radical (unpaired) electrons. The summed E-state index contributed by atoms with van der Waals surface area (Å²) in [4.78, 5) is 16.0. The largest absolute Gasteiger partial charge is 0.310 e. The van der Waals surface area contributed by atoms with Crippen molar-refractivity contribution < 1.29 is 4.79 Å². The fourth-order valence-electron chi connectivity index (χ4n) is 1.50. The zero-order chi connectivity index (χ0) is 13.1. The van der Waals surface area contributed by atoms with Gasteiger partial charge in [-0.1, -0.05) is 23.2 Å². The molecule has 3 nitrogen and oxygen atoms in total. The van der Waals surface area contributed by atoms with Crippen LogP contribution in [-0.2, 0) is 0 Å². The topological polar surface area (TPSA) is 34.9 Å². The zero-order valence-corrected chi connectivity index (χ0v) is 11.1. The second-order valence-corrected chi connectivity index (χ2v) is 4.59. The third-order valence-electron chi connectivity index (χ3n) is 2.45. The van der Waals surface area contributed by atoms with Crippen molar-refractivity contribution in [3.05, 3.63) is 58.6 Å². The molecule has 0 atom stereocenters. The summed E-state index contributed by atoms with van der Waals surface area (Å²) < 4.78 is 1.75. The van der Waals surface area contributed by atoms with Gasteiger partial charge in [0.15, 0.2) is 5.78 Å². The van der Waals surface area contributed by atoms with E-state index in [1.807, 2.05) is 6.92 Å². The molecule has 1 aromatic heterocycles. The number of nitrogens with zero attached hydrogens (tertiary/aromatic N) is 2. The zero-order valence-electron chi connectivity index (χ0n) is 9.60. The molecule has 0 spiro atoms. The van der Waals surface area contributed by atoms with Crippen LogP contribution in [-0.4, -0.2) is 15.3 Å². The Morgan fingerprint density at radius 3 is 2.78 bits per heavy atom. The second-order valence-electron chi connectivity index (χ2n) is 3.74. The Bertz CT molecular complexity index is 603. The molecule has 0 aliphatic rings. The maximum Gasteiger partial charge on any atom is 0.189 e. The van der Waals surface area contributed by atoms with Gasteiger partial charge in [-0.25, -0.2) is 4.98 Å². The van der Waals surface area contributed by atoms with Crippen molar-refractivity contribution in [1.29, 1.82) is 0 Å². The molecule has 0 bridgehead atoms. The highest BCUT2D eigenvalue weighted by Crippen LogP contribution is 2.22. The van der Waals surface area contributed by atoms with Gasteiger partial charge in [-0.2, -0.15) is 0 Å². The summed E-state index contributed by atoms with van der Waals surface area (Å²) in [7, 11) is 0. The SMILES string of the molecule is CC(=CC(=O)c1ccc(Cl)cc1Cl)n1ccnc1. The quantitative estimate of drug-likeness (QED) is 0.631. The van der Waals surface area contributed by atoms with Gasteiger partial charge >= 0.3 is 0 Å². The van der Waals surface area contributed by atoms with Crippen molar-refractivity contribution in [3.8, 4) is 0 Å². The number of aromatic nitrogens is 2. The van der Waals surface area contributed by atoms with Crippen LogP contribution in [0.15, 0.2) is 43.0 Å². The van der Waals surface area contributed by atoms with E-state index >= 15 is 0 Å².